The molecular weight excluding hydrogens is 360 g/mol. The van der Waals surface area contributed by atoms with Crippen LogP contribution in [0.1, 0.15) is 12.8 Å². The number of para-hydroxylation sites is 1. The molecule has 1 saturated heterocycles. The summed E-state index contributed by atoms with van der Waals surface area (Å²) >= 11 is 6.22. The normalized spacial score (nSPS) is 16.0. The van der Waals surface area contributed by atoms with Crippen LogP contribution >= 0.6 is 11.6 Å². The zero-order valence-electron chi connectivity index (χ0n) is 15.6. The van der Waals surface area contributed by atoms with Crippen molar-refractivity contribution in [2.75, 3.05) is 32.1 Å². The molecule has 3 aromatic rings. The first kappa shape index (κ1) is 18.0. The molecule has 0 spiro atoms. The smallest absolute Gasteiger partial charge is 0.165 e. The molecule has 1 aromatic heterocycles. The van der Waals surface area contributed by atoms with Gasteiger partial charge >= 0.3 is 0 Å². The fourth-order valence-electron chi connectivity index (χ4n) is 3.69. The second-order valence-corrected chi connectivity index (χ2v) is 7.63. The molecule has 27 heavy (non-hydrogen) atoms. The maximum absolute atomic E-state index is 10.3. The molecule has 0 atom stereocenters. The first-order chi connectivity index (χ1) is 13.0. The SMILES string of the molecule is CN1CCC(N(C)c2nc(-c3ccccc3O)nc3cc(Cl)ccc23)CC1. The lowest BCUT2D eigenvalue weighted by atomic mass is 10.0. The summed E-state index contributed by atoms with van der Waals surface area (Å²) in [6.07, 6.45) is 2.19. The minimum absolute atomic E-state index is 0.173. The number of hydrogen-bond acceptors (Lipinski definition) is 5. The van der Waals surface area contributed by atoms with Gasteiger partial charge < -0.3 is 14.9 Å². The van der Waals surface area contributed by atoms with Crippen molar-refractivity contribution >= 4 is 28.3 Å². The van der Waals surface area contributed by atoms with E-state index in [0.717, 1.165) is 42.7 Å². The van der Waals surface area contributed by atoms with E-state index in [1.807, 2.05) is 30.3 Å². The molecule has 1 fully saturated rings. The highest BCUT2D eigenvalue weighted by atomic mass is 35.5. The molecule has 2 heterocycles. The molecule has 0 aliphatic carbocycles. The molecule has 1 N–H and O–H groups in total. The van der Waals surface area contributed by atoms with Gasteiger partial charge in [-0.25, -0.2) is 9.97 Å². The largest absolute Gasteiger partial charge is 0.507 e. The first-order valence-corrected chi connectivity index (χ1v) is 9.58. The fourth-order valence-corrected chi connectivity index (χ4v) is 3.86. The zero-order chi connectivity index (χ0) is 19.0. The monoisotopic (exact) mass is 382 g/mol. The number of aromatic nitrogens is 2. The van der Waals surface area contributed by atoms with Gasteiger partial charge in [0.05, 0.1) is 11.1 Å². The number of rotatable bonds is 3. The van der Waals surface area contributed by atoms with Gasteiger partial charge in [0, 0.05) is 23.5 Å². The lowest BCUT2D eigenvalue weighted by Gasteiger charge is -2.36. The van der Waals surface area contributed by atoms with Crippen molar-refractivity contribution in [1.29, 1.82) is 0 Å². The topological polar surface area (TPSA) is 52.5 Å². The number of likely N-dealkylation sites (tertiary alicyclic amines) is 1. The Morgan fingerprint density at radius 1 is 1.11 bits per heavy atom. The summed E-state index contributed by atoms with van der Waals surface area (Å²) in [5, 5.41) is 11.9. The number of anilines is 1. The van der Waals surface area contributed by atoms with E-state index in [1.165, 1.54) is 0 Å². The van der Waals surface area contributed by atoms with Crippen molar-refractivity contribution in [1.82, 2.24) is 14.9 Å². The number of phenolic OH excluding ortho intramolecular Hbond substituents is 1. The number of nitrogens with zero attached hydrogens (tertiary/aromatic N) is 4. The standard InChI is InChI=1S/C21H23ClN4O/c1-25-11-9-15(10-12-25)26(2)21-16-8-7-14(22)13-18(16)23-20(24-21)17-5-3-4-6-19(17)27/h3-8,13,15,27H,9-12H2,1-2H3. The van der Waals surface area contributed by atoms with Gasteiger partial charge in [-0.2, -0.15) is 0 Å². The Bertz CT molecular complexity index is 970. The minimum atomic E-state index is 0.173. The number of halogens is 1. The molecule has 0 radical (unpaired) electrons. The van der Waals surface area contributed by atoms with Crippen LogP contribution in [0.3, 0.4) is 0 Å². The minimum Gasteiger partial charge on any atom is -0.507 e. The lowest BCUT2D eigenvalue weighted by Crippen LogP contribution is -2.42. The molecule has 1 aliphatic heterocycles. The van der Waals surface area contributed by atoms with Crippen molar-refractivity contribution in [3.05, 3.63) is 47.5 Å². The third-order valence-electron chi connectivity index (χ3n) is 5.35. The number of aromatic hydroxyl groups is 1. The van der Waals surface area contributed by atoms with Crippen LogP contribution in [-0.4, -0.2) is 53.2 Å². The second kappa shape index (κ2) is 7.33. The van der Waals surface area contributed by atoms with E-state index in [2.05, 4.69) is 28.9 Å². The van der Waals surface area contributed by atoms with Crippen LogP contribution in [0.25, 0.3) is 22.3 Å². The molecule has 6 heteroatoms. The van der Waals surface area contributed by atoms with E-state index in [0.29, 0.717) is 22.5 Å². The molecular formula is C21H23ClN4O. The van der Waals surface area contributed by atoms with Gasteiger partial charge in [0.15, 0.2) is 5.82 Å². The molecule has 1 aliphatic rings. The van der Waals surface area contributed by atoms with Gasteiger partial charge in [0.25, 0.3) is 0 Å². The van der Waals surface area contributed by atoms with Crippen molar-refractivity contribution in [3.8, 4) is 17.1 Å². The summed E-state index contributed by atoms with van der Waals surface area (Å²) in [5.74, 6) is 1.56. The highest BCUT2D eigenvalue weighted by Crippen LogP contribution is 2.33. The molecule has 0 unspecified atom stereocenters. The quantitative estimate of drug-likeness (QED) is 0.736. The Balaban J connectivity index is 1.84. The number of benzene rings is 2. The van der Waals surface area contributed by atoms with Gasteiger partial charge in [0.1, 0.15) is 11.6 Å². The average molecular weight is 383 g/mol. The van der Waals surface area contributed by atoms with Gasteiger partial charge in [0.2, 0.25) is 0 Å². The van der Waals surface area contributed by atoms with Gasteiger partial charge in [-0.15, -0.1) is 0 Å². The van der Waals surface area contributed by atoms with Gasteiger partial charge in [-0.05, 0) is 63.3 Å². The number of phenols is 1. The molecule has 0 amide bonds. The van der Waals surface area contributed by atoms with Crippen molar-refractivity contribution in [3.63, 3.8) is 0 Å². The van der Waals surface area contributed by atoms with Crippen LogP contribution < -0.4 is 4.90 Å². The molecule has 2 aromatic carbocycles. The van der Waals surface area contributed by atoms with Crippen LogP contribution in [0.2, 0.25) is 5.02 Å². The lowest BCUT2D eigenvalue weighted by molar-refractivity contribution is 0.252. The maximum atomic E-state index is 10.3. The van der Waals surface area contributed by atoms with E-state index >= 15 is 0 Å². The van der Waals surface area contributed by atoms with Crippen LogP contribution in [0.15, 0.2) is 42.5 Å². The molecule has 0 bridgehead atoms. The maximum Gasteiger partial charge on any atom is 0.165 e. The third-order valence-corrected chi connectivity index (χ3v) is 5.59. The van der Waals surface area contributed by atoms with Gasteiger partial charge in [-0.3, -0.25) is 0 Å². The summed E-state index contributed by atoms with van der Waals surface area (Å²) in [6, 6.07) is 13.3. The predicted molar refractivity (Wildman–Crippen MR) is 111 cm³/mol. The Labute approximate surface area is 164 Å². The Morgan fingerprint density at radius 2 is 1.85 bits per heavy atom. The van der Waals surface area contributed by atoms with Crippen molar-refractivity contribution in [2.24, 2.45) is 0 Å². The van der Waals surface area contributed by atoms with Crippen molar-refractivity contribution < 1.29 is 5.11 Å². The van der Waals surface area contributed by atoms with Crippen molar-refractivity contribution in [2.45, 2.75) is 18.9 Å². The van der Waals surface area contributed by atoms with Crippen LogP contribution in [0, 0.1) is 0 Å². The molecule has 0 saturated carbocycles. The third kappa shape index (κ3) is 3.57. The Morgan fingerprint density at radius 3 is 2.59 bits per heavy atom. The summed E-state index contributed by atoms with van der Waals surface area (Å²) in [5.41, 5.74) is 1.41. The van der Waals surface area contributed by atoms with E-state index in [9.17, 15) is 5.11 Å². The summed E-state index contributed by atoms with van der Waals surface area (Å²) < 4.78 is 0. The van der Waals surface area contributed by atoms with Crippen LogP contribution in [0.5, 0.6) is 5.75 Å². The first-order valence-electron chi connectivity index (χ1n) is 9.20. The number of piperidine rings is 1. The number of fused-ring (bicyclic) bond motifs is 1. The van der Waals surface area contributed by atoms with Crippen LogP contribution in [0.4, 0.5) is 5.82 Å². The van der Waals surface area contributed by atoms with E-state index < -0.39 is 0 Å². The van der Waals surface area contributed by atoms with Crippen LogP contribution in [-0.2, 0) is 0 Å². The van der Waals surface area contributed by atoms with E-state index in [1.54, 1.807) is 12.1 Å². The molecule has 5 nitrogen and oxygen atoms in total. The Kier molecular flexibility index (Phi) is 4.89. The van der Waals surface area contributed by atoms with E-state index in [-0.39, 0.29) is 5.75 Å². The Hall–Kier alpha value is -2.37. The summed E-state index contributed by atoms with van der Waals surface area (Å²) in [4.78, 5) is 14.1. The van der Waals surface area contributed by atoms with E-state index in [4.69, 9.17) is 16.6 Å². The molecule has 4 rings (SSSR count). The highest BCUT2D eigenvalue weighted by molar-refractivity contribution is 6.31. The molecule has 140 valence electrons. The summed E-state index contributed by atoms with van der Waals surface area (Å²) in [6.45, 7) is 2.16. The summed E-state index contributed by atoms with van der Waals surface area (Å²) in [7, 11) is 4.26. The zero-order valence-corrected chi connectivity index (χ0v) is 16.3. The predicted octanol–water partition coefficient (Wildman–Crippen LogP) is 4.19. The fraction of sp³-hybridized carbons (Fsp3) is 0.333. The average Bonchev–Trinajstić information content (AvgIpc) is 2.67. The highest BCUT2D eigenvalue weighted by Gasteiger charge is 2.24. The van der Waals surface area contributed by atoms with Gasteiger partial charge in [-0.1, -0.05) is 23.7 Å². The number of hydrogen-bond donors (Lipinski definition) is 1. The second-order valence-electron chi connectivity index (χ2n) is 7.19.